The molecule has 4 N–H and O–H groups in total. The summed E-state index contributed by atoms with van der Waals surface area (Å²) in [6.45, 7) is 12.2. The molecule has 0 aliphatic carbocycles. The lowest BCUT2D eigenvalue weighted by molar-refractivity contribution is 0.0140. The molecule has 0 aliphatic rings. The summed E-state index contributed by atoms with van der Waals surface area (Å²) >= 11 is 0. The maximum Gasteiger partial charge on any atom is 0.315 e. The van der Waals surface area contributed by atoms with Crippen molar-refractivity contribution in [1.82, 2.24) is 21.3 Å². The molecular formula is C18H34N4O5. The van der Waals surface area contributed by atoms with E-state index in [4.69, 9.17) is 14.2 Å². The molecule has 9 heteroatoms. The van der Waals surface area contributed by atoms with E-state index in [0.29, 0.717) is 65.8 Å². The van der Waals surface area contributed by atoms with Gasteiger partial charge in [-0.1, -0.05) is 12.2 Å². The van der Waals surface area contributed by atoms with Crippen LogP contribution in [0.5, 0.6) is 0 Å². The summed E-state index contributed by atoms with van der Waals surface area (Å²) < 4.78 is 16.2. The zero-order chi connectivity index (χ0) is 20.0. The van der Waals surface area contributed by atoms with Gasteiger partial charge in [0.25, 0.3) is 0 Å². The number of carbonyl (C=O) groups is 2. The molecule has 0 aromatic heterocycles. The summed E-state index contributed by atoms with van der Waals surface area (Å²) in [5.74, 6) is 0. The lowest BCUT2D eigenvalue weighted by Crippen LogP contribution is -2.36. The van der Waals surface area contributed by atoms with Gasteiger partial charge in [-0.15, -0.1) is 13.2 Å². The molecule has 0 bridgehead atoms. The third kappa shape index (κ3) is 20.1. The molecule has 0 fully saturated rings. The third-order valence-corrected chi connectivity index (χ3v) is 3.06. The van der Waals surface area contributed by atoms with Crippen LogP contribution < -0.4 is 21.3 Å². The maximum absolute atomic E-state index is 11.2. The molecule has 0 aromatic carbocycles. The number of ether oxygens (including phenoxy) is 3. The van der Waals surface area contributed by atoms with Gasteiger partial charge < -0.3 is 35.5 Å². The molecule has 0 saturated heterocycles. The van der Waals surface area contributed by atoms with Crippen molar-refractivity contribution in [2.75, 3.05) is 65.8 Å². The first kappa shape index (κ1) is 24.9. The number of nitrogens with one attached hydrogen (secondary N) is 4. The molecule has 0 rings (SSSR count). The first-order valence-electron chi connectivity index (χ1n) is 9.19. The second kappa shape index (κ2) is 20.2. The van der Waals surface area contributed by atoms with Crippen molar-refractivity contribution >= 4 is 12.1 Å². The normalized spacial score (nSPS) is 10.1. The summed E-state index contributed by atoms with van der Waals surface area (Å²) in [5.41, 5.74) is 0. The van der Waals surface area contributed by atoms with Crippen molar-refractivity contribution in [3.8, 4) is 0 Å². The van der Waals surface area contributed by atoms with E-state index >= 15 is 0 Å². The number of rotatable bonds is 18. The molecule has 0 aliphatic heterocycles. The topological polar surface area (TPSA) is 110 Å². The lowest BCUT2D eigenvalue weighted by Gasteiger charge is -2.08. The Bertz CT molecular complexity index is 371. The Kier molecular flexibility index (Phi) is 18.6. The minimum Gasteiger partial charge on any atom is -0.379 e. The van der Waals surface area contributed by atoms with Gasteiger partial charge in [0, 0.05) is 39.4 Å². The number of hydrogen-bond donors (Lipinski definition) is 4. The van der Waals surface area contributed by atoms with Gasteiger partial charge in [-0.05, 0) is 12.8 Å². The van der Waals surface area contributed by atoms with Crippen LogP contribution in [0.1, 0.15) is 12.8 Å². The van der Waals surface area contributed by atoms with Crippen LogP contribution in [-0.4, -0.2) is 77.9 Å². The monoisotopic (exact) mass is 386 g/mol. The lowest BCUT2D eigenvalue weighted by atomic mass is 10.4. The zero-order valence-corrected chi connectivity index (χ0v) is 16.1. The highest BCUT2D eigenvalue weighted by Crippen LogP contribution is 1.86. The van der Waals surface area contributed by atoms with Gasteiger partial charge in [0.05, 0.1) is 26.4 Å². The van der Waals surface area contributed by atoms with Crippen LogP contribution in [0.2, 0.25) is 0 Å². The van der Waals surface area contributed by atoms with E-state index in [-0.39, 0.29) is 12.1 Å². The van der Waals surface area contributed by atoms with Crippen LogP contribution in [0.4, 0.5) is 9.59 Å². The van der Waals surface area contributed by atoms with Gasteiger partial charge in [-0.25, -0.2) is 9.59 Å². The van der Waals surface area contributed by atoms with Crippen molar-refractivity contribution in [3.05, 3.63) is 25.3 Å². The van der Waals surface area contributed by atoms with Gasteiger partial charge in [0.15, 0.2) is 0 Å². The first-order chi connectivity index (χ1) is 13.2. The Morgan fingerprint density at radius 3 is 1.37 bits per heavy atom. The third-order valence-electron chi connectivity index (χ3n) is 3.06. The predicted molar refractivity (Wildman–Crippen MR) is 105 cm³/mol. The average molecular weight is 386 g/mol. The van der Waals surface area contributed by atoms with E-state index in [1.165, 1.54) is 0 Å². The molecule has 0 radical (unpaired) electrons. The number of hydrogen-bond acceptors (Lipinski definition) is 5. The Morgan fingerprint density at radius 1 is 0.630 bits per heavy atom. The second-order valence-electron chi connectivity index (χ2n) is 5.40. The maximum atomic E-state index is 11.2. The first-order valence-corrected chi connectivity index (χ1v) is 9.19. The Labute approximate surface area is 161 Å². The number of urea groups is 2. The standard InChI is InChI=1S/C18H34N4O5/c1-3-7-19-17(23)21-9-5-11-25-13-15-27-16-14-26-12-6-10-22-18(24)20-8-4-2/h3-4H,1-2,5-16H2,(H2,19,21,23)(H2,20,22,24). The quantitative estimate of drug-likeness (QED) is 0.206. The molecule has 9 nitrogen and oxygen atoms in total. The van der Waals surface area contributed by atoms with Crippen molar-refractivity contribution in [3.63, 3.8) is 0 Å². The van der Waals surface area contributed by atoms with Gasteiger partial charge in [0.1, 0.15) is 0 Å². The summed E-state index contributed by atoms with van der Waals surface area (Å²) in [7, 11) is 0. The summed E-state index contributed by atoms with van der Waals surface area (Å²) in [4.78, 5) is 22.4. The van der Waals surface area contributed by atoms with E-state index in [2.05, 4.69) is 34.4 Å². The molecular weight excluding hydrogens is 352 g/mol. The number of amides is 4. The smallest absolute Gasteiger partial charge is 0.315 e. The van der Waals surface area contributed by atoms with E-state index in [1.54, 1.807) is 12.2 Å². The van der Waals surface area contributed by atoms with Crippen LogP contribution in [-0.2, 0) is 14.2 Å². The summed E-state index contributed by atoms with van der Waals surface area (Å²) in [6.07, 6.45) is 4.73. The highest BCUT2D eigenvalue weighted by molar-refractivity contribution is 5.74. The van der Waals surface area contributed by atoms with Gasteiger partial charge in [-0.3, -0.25) is 0 Å². The Balaban J connectivity index is 3.14. The molecule has 0 atom stereocenters. The minimum atomic E-state index is -0.204. The van der Waals surface area contributed by atoms with E-state index < -0.39 is 0 Å². The molecule has 0 saturated carbocycles. The summed E-state index contributed by atoms with van der Waals surface area (Å²) in [5, 5.41) is 10.7. The van der Waals surface area contributed by atoms with E-state index in [9.17, 15) is 9.59 Å². The predicted octanol–water partition coefficient (Wildman–Crippen LogP) is 0.787. The molecule has 4 amide bonds. The fourth-order valence-electron chi connectivity index (χ4n) is 1.75. The van der Waals surface area contributed by atoms with Crippen LogP contribution in [0.25, 0.3) is 0 Å². The van der Waals surface area contributed by atoms with E-state index in [0.717, 1.165) is 12.8 Å². The summed E-state index contributed by atoms with van der Waals surface area (Å²) in [6, 6.07) is -0.407. The fourth-order valence-corrected chi connectivity index (χ4v) is 1.75. The average Bonchev–Trinajstić information content (AvgIpc) is 2.67. The van der Waals surface area contributed by atoms with Crippen LogP contribution in [0.15, 0.2) is 25.3 Å². The fraction of sp³-hybridized carbons (Fsp3) is 0.667. The molecule has 27 heavy (non-hydrogen) atoms. The number of carbonyl (C=O) groups excluding carboxylic acids is 2. The molecule has 156 valence electrons. The van der Waals surface area contributed by atoms with Crippen molar-refractivity contribution in [2.24, 2.45) is 0 Å². The molecule has 0 spiro atoms. The molecule has 0 heterocycles. The van der Waals surface area contributed by atoms with Crippen LogP contribution in [0.3, 0.4) is 0 Å². The van der Waals surface area contributed by atoms with Gasteiger partial charge in [-0.2, -0.15) is 0 Å². The zero-order valence-electron chi connectivity index (χ0n) is 16.1. The molecule has 0 aromatic rings. The second-order valence-corrected chi connectivity index (χ2v) is 5.40. The Hall–Kier alpha value is -2.10. The van der Waals surface area contributed by atoms with Crippen molar-refractivity contribution in [1.29, 1.82) is 0 Å². The van der Waals surface area contributed by atoms with E-state index in [1.807, 2.05) is 0 Å². The van der Waals surface area contributed by atoms with Crippen LogP contribution in [0, 0.1) is 0 Å². The molecule has 0 unspecified atom stereocenters. The van der Waals surface area contributed by atoms with Gasteiger partial charge >= 0.3 is 12.1 Å². The van der Waals surface area contributed by atoms with Crippen molar-refractivity contribution < 1.29 is 23.8 Å². The SMILES string of the molecule is C=CCNC(=O)NCCCOCCOCCOCCCNC(=O)NCC=C. The largest absolute Gasteiger partial charge is 0.379 e. The van der Waals surface area contributed by atoms with Crippen molar-refractivity contribution in [2.45, 2.75) is 12.8 Å². The minimum absolute atomic E-state index is 0.204. The Morgan fingerprint density at radius 2 is 1.00 bits per heavy atom. The van der Waals surface area contributed by atoms with Gasteiger partial charge in [0.2, 0.25) is 0 Å². The van der Waals surface area contributed by atoms with Crippen LogP contribution >= 0.6 is 0 Å². The highest BCUT2D eigenvalue weighted by atomic mass is 16.5. The highest BCUT2D eigenvalue weighted by Gasteiger charge is 1.98.